The van der Waals surface area contributed by atoms with E-state index in [0.717, 1.165) is 86.6 Å². The summed E-state index contributed by atoms with van der Waals surface area (Å²) in [5, 5.41) is 0. The molecule has 1 aromatic carbocycles. The topological polar surface area (TPSA) is 73.8 Å². The molecule has 186 valence electrons. The summed E-state index contributed by atoms with van der Waals surface area (Å²) >= 11 is 0. The second-order valence-corrected chi connectivity index (χ2v) is 9.88. The lowest BCUT2D eigenvalue weighted by Crippen LogP contribution is -2.39. The largest absolute Gasteiger partial charge is 0.378 e. The quantitative estimate of drug-likeness (QED) is 0.512. The summed E-state index contributed by atoms with van der Waals surface area (Å²) < 4.78 is 5.61. The Balaban J connectivity index is 1.50. The van der Waals surface area contributed by atoms with Crippen LogP contribution < -0.4 is 14.7 Å². The normalized spacial score (nSPS) is 17.4. The number of fused-ring (bicyclic) bond motifs is 1. The fourth-order valence-electron chi connectivity index (χ4n) is 5.09. The van der Waals surface area contributed by atoms with Gasteiger partial charge in [0.1, 0.15) is 17.4 Å². The van der Waals surface area contributed by atoms with Gasteiger partial charge in [-0.25, -0.2) is 15.0 Å². The summed E-state index contributed by atoms with van der Waals surface area (Å²) in [7, 11) is 6.37. The number of aromatic nitrogens is 4. The summed E-state index contributed by atoms with van der Waals surface area (Å²) in [6.07, 6.45) is 3.94. The first-order valence-corrected chi connectivity index (χ1v) is 12.6. The number of ether oxygens (including phenoxy) is 1. The molecule has 0 amide bonds. The lowest BCUT2D eigenvalue weighted by Gasteiger charge is -2.34. The molecule has 0 unspecified atom stereocenters. The van der Waals surface area contributed by atoms with Crippen LogP contribution in [-0.2, 0) is 11.3 Å². The molecule has 0 N–H and O–H groups in total. The van der Waals surface area contributed by atoms with E-state index >= 15 is 0 Å². The minimum atomic E-state index is 0.697. The van der Waals surface area contributed by atoms with Crippen LogP contribution in [0.4, 0.5) is 17.6 Å². The van der Waals surface area contributed by atoms with E-state index in [0.29, 0.717) is 13.2 Å². The van der Waals surface area contributed by atoms with E-state index in [4.69, 9.17) is 14.7 Å². The van der Waals surface area contributed by atoms with Gasteiger partial charge >= 0.3 is 0 Å². The number of piperidine rings is 1. The van der Waals surface area contributed by atoms with Crippen molar-refractivity contribution in [2.45, 2.75) is 19.4 Å². The van der Waals surface area contributed by atoms with Gasteiger partial charge in [-0.05, 0) is 38.4 Å². The number of morpholine rings is 1. The Kier molecular flexibility index (Phi) is 7.24. The number of hydrogen-bond acceptors (Lipinski definition) is 9. The van der Waals surface area contributed by atoms with Crippen molar-refractivity contribution in [3.8, 4) is 0 Å². The molecule has 0 radical (unpaired) electrons. The molecule has 5 rings (SSSR count). The lowest BCUT2D eigenvalue weighted by molar-refractivity contribution is 0.122. The molecule has 2 fully saturated rings. The van der Waals surface area contributed by atoms with Crippen LogP contribution in [0.2, 0.25) is 0 Å². The van der Waals surface area contributed by atoms with E-state index in [9.17, 15) is 0 Å². The van der Waals surface area contributed by atoms with Crippen molar-refractivity contribution >= 4 is 28.6 Å². The zero-order valence-corrected chi connectivity index (χ0v) is 21.1. The molecule has 0 bridgehead atoms. The Labute approximate surface area is 207 Å². The maximum Gasteiger partial charge on any atom is 0.228 e. The molecule has 4 heterocycles. The lowest BCUT2D eigenvalue weighted by atomic mass is 9.97. The highest BCUT2D eigenvalue weighted by atomic mass is 16.5. The number of benzene rings is 1. The minimum absolute atomic E-state index is 0.697. The maximum absolute atomic E-state index is 5.61. The number of nitrogens with zero attached hydrogens (tertiary/aromatic N) is 8. The van der Waals surface area contributed by atoms with Gasteiger partial charge in [0.2, 0.25) is 5.95 Å². The Morgan fingerprint density at radius 2 is 1.63 bits per heavy atom. The van der Waals surface area contributed by atoms with E-state index in [1.807, 2.05) is 6.07 Å². The monoisotopic (exact) mass is 476 g/mol. The third kappa shape index (κ3) is 5.46. The Morgan fingerprint density at radius 1 is 0.886 bits per heavy atom. The SMILES string of the molecule is CN(C)CC1CCN(c2nc(N3CCOCC3)c3ncnc(N(C)Cc4ccccc4)c3n2)CC1. The van der Waals surface area contributed by atoms with E-state index in [2.05, 4.69) is 75.0 Å². The van der Waals surface area contributed by atoms with Gasteiger partial charge in [0, 0.05) is 46.3 Å². The predicted molar refractivity (Wildman–Crippen MR) is 140 cm³/mol. The second-order valence-electron chi connectivity index (χ2n) is 9.88. The summed E-state index contributed by atoms with van der Waals surface area (Å²) in [4.78, 5) is 28.6. The summed E-state index contributed by atoms with van der Waals surface area (Å²) in [6, 6.07) is 10.4. The fraction of sp³-hybridized carbons (Fsp3) is 0.538. The van der Waals surface area contributed by atoms with Gasteiger partial charge in [0.15, 0.2) is 11.6 Å². The zero-order valence-electron chi connectivity index (χ0n) is 21.1. The van der Waals surface area contributed by atoms with Crippen LogP contribution >= 0.6 is 0 Å². The molecule has 9 heteroatoms. The van der Waals surface area contributed by atoms with Crippen molar-refractivity contribution in [2.24, 2.45) is 5.92 Å². The molecular weight excluding hydrogens is 440 g/mol. The highest BCUT2D eigenvalue weighted by Crippen LogP contribution is 2.32. The van der Waals surface area contributed by atoms with Crippen molar-refractivity contribution in [1.29, 1.82) is 0 Å². The van der Waals surface area contributed by atoms with Crippen molar-refractivity contribution < 1.29 is 4.74 Å². The number of anilines is 3. The standard InChI is InChI=1S/C26H36N8O/c1-31(2)17-21-9-11-34(12-10-21)26-29-23-22(25(30-26)33-13-15-35-16-14-33)27-19-28-24(23)32(3)18-20-7-5-4-6-8-20/h4-8,19,21H,9-18H2,1-3H3. The van der Waals surface area contributed by atoms with Crippen LogP contribution in [0.25, 0.3) is 11.0 Å². The average molecular weight is 477 g/mol. The van der Waals surface area contributed by atoms with Gasteiger partial charge in [-0.1, -0.05) is 30.3 Å². The molecule has 2 saturated heterocycles. The Hall–Kier alpha value is -3.04. The molecule has 3 aromatic rings. The van der Waals surface area contributed by atoms with Crippen molar-refractivity contribution in [3.63, 3.8) is 0 Å². The fourth-order valence-corrected chi connectivity index (χ4v) is 5.09. The van der Waals surface area contributed by atoms with Crippen LogP contribution in [0, 0.1) is 5.92 Å². The van der Waals surface area contributed by atoms with E-state index in [1.54, 1.807) is 6.33 Å². The first-order chi connectivity index (χ1) is 17.1. The van der Waals surface area contributed by atoms with Crippen molar-refractivity contribution in [2.75, 3.05) is 81.8 Å². The number of rotatable bonds is 7. The predicted octanol–water partition coefficient (Wildman–Crippen LogP) is 2.67. The maximum atomic E-state index is 5.61. The summed E-state index contributed by atoms with van der Waals surface area (Å²) in [6.45, 7) is 6.81. The molecule has 0 atom stereocenters. The van der Waals surface area contributed by atoms with Crippen LogP contribution in [-0.4, -0.2) is 91.9 Å². The second kappa shape index (κ2) is 10.7. The van der Waals surface area contributed by atoms with Crippen LogP contribution in [0.15, 0.2) is 36.7 Å². The zero-order chi connectivity index (χ0) is 24.2. The highest BCUT2D eigenvalue weighted by Gasteiger charge is 2.26. The minimum Gasteiger partial charge on any atom is -0.378 e. The summed E-state index contributed by atoms with van der Waals surface area (Å²) in [5.41, 5.74) is 2.85. The van der Waals surface area contributed by atoms with Gasteiger partial charge in [-0.15, -0.1) is 0 Å². The molecule has 0 spiro atoms. The summed E-state index contributed by atoms with van der Waals surface area (Å²) in [5.74, 6) is 3.22. The van der Waals surface area contributed by atoms with Crippen LogP contribution in [0.1, 0.15) is 18.4 Å². The average Bonchev–Trinajstić information content (AvgIpc) is 2.89. The number of hydrogen-bond donors (Lipinski definition) is 0. The Morgan fingerprint density at radius 3 is 2.34 bits per heavy atom. The third-order valence-corrected chi connectivity index (χ3v) is 6.89. The van der Waals surface area contributed by atoms with Crippen molar-refractivity contribution in [3.05, 3.63) is 42.2 Å². The smallest absolute Gasteiger partial charge is 0.228 e. The molecule has 9 nitrogen and oxygen atoms in total. The molecule has 35 heavy (non-hydrogen) atoms. The van der Waals surface area contributed by atoms with Crippen molar-refractivity contribution in [1.82, 2.24) is 24.8 Å². The van der Waals surface area contributed by atoms with Gasteiger partial charge in [0.25, 0.3) is 0 Å². The Bertz CT molecular complexity index is 1110. The highest BCUT2D eigenvalue weighted by molar-refractivity contribution is 5.94. The van der Waals surface area contributed by atoms with Crippen LogP contribution in [0.5, 0.6) is 0 Å². The van der Waals surface area contributed by atoms with Gasteiger partial charge in [-0.2, -0.15) is 4.98 Å². The van der Waals surface area contributed by atoms with E-state index < -0.39 is 0 Å². The molecule has 2 aliphatic rings. The van der Waals surface area contributed by atoms with Gasteiger partial charge < -0.3 is 24.3 Å². The van der Waals surface area contributed by atoms with E-state index in [1.165, 1.54) is 5.56 Å². The molecule has 0 aliphatic carbocycles. The van der Waals surface area contributed by atoms with Crippen LogP contribution in [0.3, 0.4) is 0 Å². The third-order valence-electron chi connectivity index (χ3n) is 6.89. The first-order valence-electron chi connectivity index (χ1n) is 12.6. The first kappa shape index (κ1) is 23.7. The van der Waals surface area contributed by atoms with Gasteiger partial charge in [0.05, 0.1) is 13.2 Å². The van der Waals surface area contributed by atoms with Gasteiger partial charge in [-0.3, -0.25) is 0 Å². The molecule has 2 aromatic heterocycles. The van der Waals surface area contributed by atoms with E-state index in [-0.39, 0.29) is 0 Å². The molecule has 0 saturated carbocycles. The molecule has 2 aliphatic heterocycles. The molecular formula is C26H36N8O.